The SMILES string of the molecule is COCC1CCC(CCF)CC1.Fc1cc(F)c(-c2ccc(-c3ccc(Cl)c(F)c3)cc2)c(F)c1. The number of hydrogen-bond acceptors (Lipinski definition) is 1. The quantitative estimate of drug-likeness (QED) is 0.300. The molecule has 1 aliphatic carbocycles. The molecule has 0 bridgehead atoms. The number of alkyl halides is 1. The van der Waals surface area contributed by atoms with Gasteiger partial charge in [-0.15, -0.1) is 0 Å². The molecule has 0 saturated heterocycles. The average Bonchev–Trinajstić information content (AvgIpc) is 2.83. The first-order valence-electron chi connectivity index (χ1n) is 11.6. The highest BCUT2D eigenvalue weighted by Gasteiger charge is 2.20. The molecule has 1 nitrogen and oxygen atoms in total. The van der Waals surface area contributed by atoms with E-state index >= 15 is 0 Å². The third-order valence-electron chi connectivity index (χ3n) is 6.32. The van der Waals surface area contributed by atoms with E-state index in [1.54, 1.807) is 25.3 Å². The second-order valence-corrected chi connectivity index (χ2v) is 9.18. The minimum absolute atomic E-state index is 0.0147. The zero-order valence-electron chi connectivity index (χ0n) is 19.5. The number of ether oxygens (including phenoxy) is 1. The van der Waals surface area contributed by atoms with Crippen molar-refractivity contribution < 1.29 is 26.7 Å². The lowest BCUT2D eigenvalue weighted by Gasteiger charge is -2.27. The monoisotopic (exact) mass is 510 g/mol. The highest BCUT2D eigenvalue weighted by Crippen LogP contribution is 2.31. The molecule has 3 aromatic carbocycles. The minimum Gasteiger partial charge on any atom is -0.384 e. The van der Waals surface area contributed by atoms with E-state index in [0.29, 0.717) is 29.2 Å². The third kappa shape index (κ3) is 7.52. The number of rotatable bonds is 6. The van der Waals surface area contributed by atoms with Gasteiger partial charge in [-0.05, 0) is 59.9 Å². The van der Waals surface area contributed by atoms with E-state index < -0.39 is 23.3 Å². The molecule has 0 atom stereocenters. The molecule has 0 unspecified atom stereocenters. The lowest BCUT2D eigenvalue weighted by molar-refractivity contribution is 0.116. The smallest absolute Gasteiger partial charge is 0.142 e. The first-order chi connectivity index (χ1) is 16.8. The zero-order valence-corrected chi connectivity index (χ0v) is 20.2. The molecule has 3 aromatic rings. The summed E-state index contributed by atoms with van der Waals surface area (Å²) in [6.45, 7) is 0.752. The third-order valence-corrected chi connectivity index (χ3v) is 6.63. The summed E-state index contributed by atoms with van der Waals surface area (Å²) in [5, 5.41) is 0.0147. The molecular weight excluding hydrogens is 483 g/mol. The standard InChI is InChI=1S/C18H9ClF4.C10H19FO/c19-14-6-5-12(7-15(14)21)10-1-3-11(4-2-10)18-16(22)8-13(20)9-17(18)23;1-12-8-10-4-2-9(3-5-10)6-7-11/h1-9H;9-10H,2-8H2,1H3. The Morgan fingerprint density at radius 2 is 1.29 bits per heavy atom. The molecule has 0 radical (unpaired) electrons. The Bertz CT molecular complexity index is 1060. The molecule has 0 heterocycles. The first-order valence-corrected chi connectivity index (χ1v) is 12.0. The number of hydrogen-bond donors (Lipinski definition) is 0. The van der Waals surface area contributed by atoms with Crippen LogP contribution in [0.3, 0.4) is 0 Å². The number of halogens is 6. The van der Waals surface area contributed by atoms with Crippen molar-refractivity contribution >= 4 is 11.6 Å². The van der Waals surface area contributed by atoms with Crippen LogP contribution in [0.1, 0.15) is 32.1 Å². The summed E-state index contributed by atoms with van der Waals surface area (Å²) in [5.74, 6) is -2.09. The van der Waals surface area contributed by atoms with Gasteiger partial charge in [0.25, 0.3) is 0 Å². The zero-order chi connectivity index (χ0) is 25.4. The average molecular weight is 511 g/mol. The van der Waals surface area contributed by atoms with E-state index in [-0.39, 0.29) is 22.8 Å². The number of benzene rings is 3. The van der Waals surface area contributed by atoms with Crippen molar-refractivity contribution in [1.29, 1.82) is 0 Å². The van der Waals surface area contributed by atoms with Gasteiger partial charge in [0.15, 0.2) is 0 Å². The highest BCUT2D eigenvalue weighted by atomic mass is 35.5. The predicted octanol–water partition coefficient (Wildman–Crippen LogP) is 9.03. The molecule has 188 valence electrons. The van der Waals surface area contributed by atoms with Crippen LogP contribution >= 0.6 is 11.6 Å². The van der Waals surface area contributed by atoms with Crippen LogP contribution in [0.15, 0.2) is 54.6 Å². The fraction of sp³-hybridized carbons (Fsp3) is 0.357. The van der Waals surface area contributed by atoms with E-state index in [2.05, 4.69) is 0 Å². The Morgan fingerprint density at radius 3 is 1.83 bits per heavy atom. The van der Waals surface area contributed by atoms with Crippen molar-refractivity contribution in [3.05, 3.63) is 82.9 Å². The van der Waals surface area contributed by atoms with Gasteiger partial charge in [0.05, 0.1) is 17.3 Å². The van der Waals surface area contributed by atoms with E-state index in [1.165, 1.54) is 49.9 Å². The molecule has 0 spiro atoms. The van der Waals surface area contributed by atoms with Gasteiger partial charge >= 0.3 is 0 Å². The maximum atomic E-state index is 13.8. The summed E-state index contributed by atoms with van der Waals surface area (Å²) in [5.41, 5.74) is 1.20. The van der Waals surface area contributed by atoms with Gasteiger partial charge in [0.1, 0.15) is 23.3 Å². The fourth-order valence-corrected chi connectivity index (χ4v) is 4.52. The molecule has 35 heavy (non-hydrogen) atoms. The van der Waals surface area contributed by atoms with Crippen molar-refractivity contribution in [1.82, 2.24) is 0 Å². The molecule has 0 aliphatic heterocycles. The summed E-state index contributed by atoms with van der Waals surface area (Å²) in [6.07, 6.45) is 5.66. The van der Waals surface area contributed by atoms with Gasteiger partial charge in [-0.1, -0.05) is 54.8 Å². The lowest BCUT2D eigenvalue weighted by Crippen LogP contribution is -2.18. The van der Waals surface area contributed by atoms with E-state index in [4.69, 9.17) is 16.3 Å². The minimum atomic E-state index is -0.979. The van der Waals surface area contributed by atoms with Crippen LogP contribution in [0, 0.1) is 35.1 Å². The molecule has 1 fully saturated rings. The summed E-state index contributed by atoms with van der Waals surface area (Å²) in [4.78, 5) is 0. The van der Waals surface area contributed by atoms with E-state index in [1.807, 2.05) is 0 Å². The number of methoxy groups -OCH3 is 1. The topological polar surface area (TPSA) is 9.23 Å². The second-order valence-electron chi connectivity index (χ2n) is 8.77. The van der Waals surface area contributed by atoms with E-state index in [9.17, 15) is 22.0 Å². The van der Waals surface area contributed by atoms with Gasteiger partial charge in [-0.25, -0.2) is 17.6 Å². The van der Waals surface area contributed by atoms with Crippen LogP contribution in [0.4, 0.5) is 22.0 Å². The van der Waals surface area contributed by atoms with Crippen molar-refractivity contribution in [2.45, 2.75) is 32.1 Å². The van der Waals surface area contributed by atoms with Crippen LogP contribution in [0.2, 0.25) is 5.02 Å². The molecule has 0 aromatic heterocycles. The van der Waals surface area contributed by atoms with Crippen molar-refractivity contribution in [2.75, 3.05) is 20.4 Å². The maximum Gasteiger partial charge on any atom is 0.142 e. The second kappa shape index (κ2) is 13.0. The molecular formula is C28H28ClF5O. The molecule has 0 amide bonds. The first kappa shape index (κ1) is 27.2. The van der Waals surface area contributed by atoms with Crippen LogP contribution in [-0.2, 0) is 4.74 Å². The Hall–Kier alpha value is -2.44. The summed E-state index contributed by atoms with van der Waals surface area (Å²) in [7, 11) is 1.76. The van der Waals surface area contributed by atoms with Crippen molar-refractivity contribution in [3.63, 3.8) is 0 Å². The molecule has 1 aliphatic rings. The fourth-order valence-electron chi connectivity index (χ4n) is 4.40. The van der Waals surface area contributed by atoms with Crippen molar-refractivity contribution in [3.8, 4) is 22.3 Å². The van der Waals surface area contributed by atoms with Crippen LogP contribution in [-0.4, -0.2) is 20.4 Å². The summed E-state index contributed by atoms with van der Waals surface area (Å²) < 4.78 is 71.1. The Morgan fingerprint density at radius 1 is 0.743 bits per heavy atom. The van der Waals surface area contributed by atoms with Gasteiger partial charge < -0.3 is 4.74 Å². The molecule has 1 saturated carbocycles. The lowest BCUT2D eigenvalue weighted by atomic mass is 9.81. The van der Waals surface area contributed by atoms with Crippen molar-refractivity contribution in [2.24, 2.45) is 11.8 Å². The largest absolute Gasteiger partial charge is 0.384 e. The van der Waals surface area contributed by atoms with E-state index in [0.717, 1.165) is 18.9 Å². The van der Waals surface area contributed by atoms with Gasteiger partial charge in [0, 0.05) is 25.8 Å². The van der Waals surface area contributed by atoms with Gasteiger partial charge in [0.2, 0.25) is 0 Å². The Balaban J connectivity index is 0.000000241. The molecule has 0 N–H and O–H groups in total. The van der Waals surface area contributed by atoms with Gasteiger partial charge in [-0.2, -0.15) is 0 Å². The predicted molar refractivity (Wildman–Crippen MR) is 130 cm³/mol. The molecule has 7 heteroatoms. The summed E-state index contributed by atoms with van der Waals surface area (Å²) in [6, 6.07) is 11.8. The normalized spacial score (nSPS) is 17.6. The van der Waals surface area contributed by atoms with Gasteiger partial charge in [-0.3, -0.25) is 4.39 Å². The molecule has 4 rings (SSSR count). The Labute approximate surface area is 207 Å². The summed E-state index contributed by atoms with van der Waals surface area (Å²) >= 11 is 5.63. The Kier molecular flexibility index (Phi) is 10.1. The van der Waals surface area contributed by atoms with Crippen LogP contribution in [0.5, 0.6) is 0 Å². The van der Waals surface area contributed by atoms with Crippen LogP contribution in [0.25, 0.3) is 22.3 Å². The van der Waals surface area contributed by atoms with Crippen LogP contribution < -0.4 is 0 Å². The maximum absolute atomic E-state index is 13.8. The highest BCUT2D eigenvalue weighted by molar-refractivity contribution is 6.30.